The van der Waals surface area contributed by atoms with Crippen LogP contribution < -0.4 is 5.32 Å². The summed E-state index contributed by atoms with van der Waals surface area (Å²) < 4.78 is 22.4. The van der Waals surface area contributed by atoms with E-state index in [0.717, 1.165) is 4.88 Å². The summed E-state index contributed by atoms with van der Waals surface area (Å²) in [5.74, 6) is -0.674. The Morgan fingerprint density at radius 3 is 2.71 bits per heavy atom. The maximum atomic E-state index is 11.2. The molecule has 7 heteroatoms. The van der Waals surface area contributed by atoms with Crippen LogP contribution in [-0.4, -0.2) is 37.5 Å². The Morgan fingerprint density at radius 2 is 2.18 bits per heavy atom. The van der Waals surface area contributed by atoms with Crippen LogP contribution in [0.3, 0.4) is 0 Å². The quantitative estimate of drug-likeness (QED) is 0.726. The third-order valence-electron chi connectivity index (χ3n) is 2.20. The zero-order valence-electron chi connectivity index (χ0n) is 9.47. The second kappa shape index (κ2) is 6.13. The summed E-state index contributed by atoms with van der Waals surface area (Å²) in [5.41, 5.74) is 0. The minimum absolute atomic E-state index is 0.112. The summed E-state index contributed by atoms with van der Waals surface area (Å²) in [5, 5.41) is 11.7. The second-order valence-corrected chi connectivity index (χ2v) is 7.13. The van der Waals surface area contributed by atoms with Gasteiger partial charge in [-0.15, -0.1) is 11.3 Å². The molecule has 0 amide bonds. The van der Waals surface area contributed by atoms with E-state index in [2.05, 4.69) is 5.32 Å². The van der Waals surface area contributed by atoms with Crippen LogP contribution in [-0.2, 0) is 16.4 Å². The van der Waals surface area contributed by atoms with Crippen LogP contribution >= 0.6 is 11.3 Å². The van der Waals surface area contributed by atoms with Crippen molar-refractivity contribution in [3.8, 4) is 0 Å². The van der Waals surface area contributed by atoms with Gasteiger partial charge in [-0.3, -0.25) is 0 Å². The minimum atomic E-state index is -2.94. The molecule has 1 rings (SSSR count). The number of sulfone groups is 1. The van der Waals surface area contributed by atoms with Gasteiger partial charge >= 0.3 is 5.97 Å². The lowest BCUT2D eigenvalue weighted by atomic mass is 10.4. The van der Waals surface area contributed by atoms with Gasteiger partial charge in [0, 0.05) is 23.7 Å². The number of hydrogen-bond donors (Lipinski definition) is 2. The Bertz CT molecular complexity index is 478. The van der Waals surface area contributed by atoms with Crippen molar-refractivity contribution in [3.05, 3.63) is 21.9 Å². The molecule has 0 aliphatic rings. The summed E-state index contributed by atoms with van der Waals surface area (Å²) in [4.78, 5) is 11.8. The first-order valence-corrected chi connectivity index (χ1v) is 7.81. The Morgan fingerprint density at radius 1 is 1.47 bits per heavy atom. The Balaban J connectivity index is 2.34. The van der Waals surface area contributed by atoms with Crippen LogP contribution in [0.2, 0.25) is 0 Å². The van der Waals surface area contributed by atoms with Crippen molar-refractivity contribution >= 4 is 27.1 Å². The smallest absolute Gasteiger partial charge is 0.345 e. The van der Waals surface area contributed by atoms with Gasteiger partial charge in [0.15, 0.2) is 9.84 Å². The van der Waals surface area contributed by atoms with E-state index >= 15 is 0 Å². The summed E-state index contributed by atoms with van der Waals surface area (Å²) >= 11 is 1.19. The van der Waals surface area contributed by atoms with Crippen molar-refractivity contribution in [3.63, 3.8) is 0 Å². The zero-order valence-corrected chi connectivity index (χ0v) is 11.1. The van der Waals surface area contributed by atoms with Crippen molar-refractivity contribution in [2.24, 2.45) is 0 Å². The van der Waals surface area contributed by atoms with Crippen LogP contribution in [0, 0.1) is 0 Å². The normalized spacial score (nSPS) is 11.6. The van der Waals surface area contributed by atoms with E-state index in [-0.39, 0.29) is 11.5 Å². The molecule has 1 aromatic heterocycles. The highest BCUT2D eigenvalue weighted by atomic mass is 32.2. The Labute approximate surface area is 104 Å². The molecular weight excluding hydrogens is 262 g/mol. The van der Waals surface area contributed by atoms with E-state index in [1.807, 2.05) is 0 Å². The van der Waals surface area contributed by atoms with E-state index in [9.17, 15) is 13.2 Å². The van der Waals surface area contributed by atoms with Gasteiger partial charge in [-0.2, -0.15) is 0 Å². The van der Waals surface area contributed by atoms with Crippen molar-refractivity contribution in [1.82, 2.24) is 5.32 Å². The number of thiophene rings is 1. The highest BCUT2D eigenvalue weighted by Gasteiger charge is 2.08. The topological polar surface area (TPSA) is 83.5 Å². The molecular formula is C10H15NO4S2. The van der Waals surface area contributed by atoms with Gasteiger partial charge in [0.05, 0.1) is 5.75 Å². The van der Waals surface area contributed by atoms with E-state index in [0.29, 0.717) is 18.0 Å². The first-order chi connectivity index (χ1) is 7.94. The molecule has 0 aliphatic carbocycles. The molecule has 2 N–H and O–H groups in total. The number of carboxylic acid groups (broad SMARTS) is 1. The van der Waals surface area contributed by atoms with Crippen molar-refractivity contribution in [1.29, 1.82) is 0 Å². The van der Waals surface area contributed by atoms with Crippen LogP contribution in [0.4, 0.5) is 0 Å². The molecule has 0 atom stereocenters. The molecule has 96 valence electrons. The average molecular weight is 277 g/mol. The number of nitrogens with one attached hydrogen (secondary N) is 1. The van der Waals surface area contributed by atoms with E-state index < -0.39 is 15.8 Å². The highest BCUT2D eigenvalue weighted by molar-refractivity contribution is 7.91. The fourth-order valence-electron chi connectivity index (χ4n) is 1.17. The monoisotopic (exact) mass is 277 g/mol. The van der Waals surface area contributed by atoms with Gasteiger partial charge < -0.3 is 10.4 Å². The van der Waals surface area contributed by atoms with Crippen molar-refractivity contribution in [2.45, 2.75) is 13.5 Å². The number of hydrogen-bond acceptors (Lipinski definition) is 5. The highest BCUT2D eigenvalue weighted by Crippen LogP contribution is 2.15. The third-order valence-corrected chi connectivity index (χ3v) is 4.98. The first-order valence-electron chi connectivity index (χ1n) is 5.18. The standard InChI is InChI=1S/C10H15NO4S2/c1-2-17(14,15)6-5-11-7-8-3-4-9(16-8)10(12)13/h3-4,11H,2,5-7H2,1H3,(H,12,13). The molecule has 5 nitrogen and oxygen atoms in total. The van der Waals surface area contributed by atoms with Crippen LogP contribution in [0.15, 0.2) is 12.1 Å². The molecule has 1 aromatic rings. The predicted molar refractivity (Wildman–Crippen MR) is 67.3 cm³/mol. The second-order valence-electron chi connectivity index (χ2n) is 3.48. The molecule has 0 bridgehead atoms. The number of rotatable bonds is 7. The molecule has 0 spiro atoms. The summed E-state index contributed by atoms with van der Waals surface area (Å²) in [6.07, 6.45) is 0. The van der Waals surface area contributed by atoms with Crippen LogP contribution in [0.5, 0.6) is 0 Å². The summed E-state index contributed by atoms with van der Waals surface area (Å²) in [7, 11) is -2.94. The lowest BCUT2D eigenvalue weighted by molar-refractivity contribution is 0.0702. The van der Waals surface area contributed by atoms with E-state index in [1.165, 1.54) is 11.3 Å². The summed E-state index contributed by atoms with van der Waals surface area (Å²) in [6.45, 7) is 2.50. The fraction of sp³-hybridized carbons (Fsp3) is 0.500. The van der Waals surface area contributed by atoms with Gasteiger partial charge in [-0.1, -0.05) is 6.92 Å². The fourth-order valence-corrected chi connectivity index (χ4v) is 2.73. The van der Waals surface area contributed by atoms with Crippen LogP contribution in [0.1, 0.15) is 21.5 Å². The first kappa shape index (κ1) is 14.1. The maximum Gasteiger partial charge on any atom is 0.345 e. The largest absolute Gasteiger partial charge is 0.477 e. The molecule has 1 heterocycles. The van der Waals surface area contributed by atoms with Gasteiger partial charge in [0.2, 0.25) is 0 Å². The number of carbonyl (C=O) groups is 1. The van der Waals surface area contributed by atoms with Crippen LogP contribution in [0.25, 0.3) is 0 Å². The molecule has 0 aromatic carbocycles. The molecule has 0 aliphatic heterocycles. The average Bonchev–Trinajstić information content (AvgIpc) is 2.73. The number of carboxylic acids is 1. The molecule has 0 unspecified atom stereocenters. The molecule has 0 saturated heterocycles. The minimum Gasteiger partial charge on any atom is -0.477 e. The Hall–Kier alpha value is -0.920. The molecule has 0 fully saturated rings. The van der Waals surface area contributed by atoms with Gasteiger partial charge in [-0.05, 0) is 12.1 Å². The van der Waals surface area contributed by atoms with Gasteiger partial charge in [-0.25, -0.2) is 13.2 Å². The van der Waals surface area contributed by atoms with Gasteiger partial charge in [0.25, 0.3) is 0 Å². The summed E-state index contributed by atoms with van der Waals surface area (Å²) in [6, 6.07) is 3.28. The Kier molecular flexibility index (Phi) is 5.10. The molecule has 17 heavy (non-hydrogen) atoms. The van der Waals surface area contributed by atoms with E-state index in [1.54, 1.807) is 19.1 Å². The molecule has 0 saturated carbocycles. The predicted octanol–water partition coefficient (Wildman–Crippen LogP) is 0.971. The lowest BCUT2D eigenvalue weighted by Crippen LogP contribution is -2.23. The zero-order chi connectivity index (χ0) is 12.9. The number of aromatic carboxylic acids is 1. The van der Waals surface area contributed by atoms with Crippen molar-refractivity contribution in [2.75, 3.05) is 18.1 Å². The third kappa shape index (κ3) is 4.84. The lowest BCUT2D eigenvalue weighted by Gasteiger charge is -2.02. The molecule has 0 radical (unpaired) electrons. The van der Waals surface area contributed by atoms with Crippen molar-refractivity contribution < 1.29 is 18.3 Å². The maximum absolute atomic E-state index is 11.2. The van der Waals surface area contributed by atoms with E-state index in [4.69, 9.17) is 5.11 Å². The SMILES string of the molecule is CCS(=O)(=O)CCNCc1ccc(C(=O)O)s1. The van der Waals surface area contributed by atoms with Gasteiger partial charge in [0.1, 0.15) is 4.88 Å².